The van der Waals surface area contributed by atoms with E-state index in [1.165, 1.54) is 4.90 Å². The second kappa shape index (κ2) is 5.99. The van der Waals surface area contributed by atoms with Crippen LogP contribution < -0.4 is 5.32 Å². The summed E-state index contributed by atoms with van der Waals surface area (Å²) in [6.45, 7) is 0.530. The van der Waals surface area contributed by atoms with Crippen molar-refractivity contribution in [3.8, 4) is 0 Å². The molecular weight excluding hydrogens is 275 g/mol. The van der Waals surface area contributed by atoms with Crippen molar-refractivity contribution >= 4 is 11.8 Å². The van der Waals surface area contributed by atoms with E-state index in [1.807, 2.05) is 0 Å². The van der Waals surface area contributed by atoms with E-state index >= 15 is 0 Å². The molecule has 0 aliphatic carbocycles. The minimum absolute atomic E-state index is 0.0518. The molecule has 2 saturated heterocycles. The monoisotopic (exact) mass is 293 g/mol. The summed E-state index contributed by atoms with van der Waals surface area (Å²) in [7, 11) is 0. The summed E-state index contributed by atoms with van der Waals surface area (Å²) < 4.78 is 36.8. The summed E-state index contributed by atoms with van der Waals surface area (Å²) in [4.78, 5) is 26.1. The Balaban J connectivity index is 1.78. The van der Waals surface area contributed by atoms with Crippen molar-refractivity contribution in [2.24, 2.45) is 5.92 Å². The lowest BCUT2D eigenvalue weighted by Crippen LogP contribution is -2.53. The summed E-state index contributed by atoms with van der Waals surface area (Å²) in [5.74, 6) is -0.345. The molecule has 8 heteroatoms. The Labute approximate surface area is 115 Å². The predicted molar refractivity (Wildman–Crippen MR) is 64.8 cm³/mol. The van der Waals surface area contributed by atoms with E-state index in [2.05, 4.69) is 5.32 Å². The highest BCUT2D eigenvalue weighted by atomic mass is 19.4. The number of nitrogens with zero attached hydrogens (tertiary/aromatic N) is 2. The topological polar surface area (TPSA) is 52.7 Å². The molecule has 0 aromatic rings. The Morgan fingerprint density at radius 1 is 1.25 bits per heavy atom. The molecule has 0 aromatic heterocycles. The van der Waals surface area contributed by atoms with Gasteiger partial charge in [0.25, 0.3) is 0 Å². The summed E-state index contributed by atoms with van der Waals surface area (Å²) in [5.41, 5.74) is 0. The van der Waals surface area contributed by atoms with Crippen LogP contribution in [0.5, 0.6) is 0 Å². The van der Waals surface area contributed by atoms with Crippen LogP contribution in [0.4, 0.5) is 13.2 Å². The summed E-state index contributed by atoms with van der Waals surface area (Å²) >= 11 is 0. The quantitative estimate of drug-likeness (QED) is 0.792. The molecule has 2 rings (SSSR count). The van der Waals surface area contributed by atoms with Crippen LogP contribution in [0.15, 0.2) is 0 Å². The first kappa shape index (κ1) is 15.1. The SMILES string of the molecule is O=C1CCC(C(=O)N2CCN(CC(F)(F)F)CC2)CN1. The van der Waals surface area contributed by atoms with E-state index in [0.29, 0.717) is 32.5 Å². The van der Waals surface area contributed by atoms with Crippen LogP contribution in [0.25, 0.3) is 0 Å². The van der Waals surface area contributed by atoms with Crippen LogP contribution in [-0.4, -0.2) is 67.1 Å². The highest BCUT2D eigenvalue weighted by Gasteiger charge is 2.34. The number of hydrogen-bond acceptors (Lipinski definition) is 3. The fourth-order valence-corrected chi connectivity index (χ4v) is 2.58. The zero-order valence-electron chi connectivity index (χ0n) is 11.1. The number of amides is 2. The lowest BCUT2D eigenvalue weighted by atomic mass is 9.97. The van der Waals surface area contributed by atoms with Gasteiger partial charge in [0.05, 0.1) is 12.5 Å². The zero-order chi connectivity index (χ0) is 14.8. The maximum atomic E-state index is 12.3. The van der Waals surface area contributed by atoms with Gasteiger partial charge in [-0.2, -0.15) is 13.2 Å². The Morgan fingerprint density at radius 3 is 2.40 bits per heavy atom. The Hall–Kier alpha value is -1.31. The molecule has 2 aliphatic rings. The van der Waals surface area contributed by atoms with Gasteiger partial charge >= 0.3 is 6.18 Å². The molecule has 2 fully saturated rings. The van der Waals surface area contributed by atoms with Crippen molar-refractivity contribution in [2.45, 2.75) is 19.0 Å². The van der Waals surface area contributed by atoms with Gasteiger partial charge in [-0.1, -0.05) is 0 Å². The number of alkyl halides is 3. The fourth-order valence-electron chi connectivity index (χ4n) is 2.58. The molecule has 0 saturated carbocycles. The molecule has 1 atom stereocenters. The number of nitrogens with one attached hydrogen (secondary N) is 1. The molecule has 2 amide bonds. The van der Waals surface area contributed by atoms with E-state index in [1.54, 1.807) is 4.90 Å². The van der Waals surface area contributed by atoms with Crippen LogP contribution in [0.1, 0.15) is 12.8 Å². The smallest absolute Gasteiger partial charge is 0.355 e. The van der Waals surface area contributed by atoms with Gasteiger partial charge in [-0.15, -0.1) is 0 Å². The summed E-state index contributed by atoms with van der Waals surface area (Å²) in [6.07, 6.45) is -3.34. The average molecular weight is 293 g/mol. The van der Waals surface area contributed by atoms with Crippen LogP contribution in [-0.2, 0) is 9.59 Å². The minimum Gasteiger partial charge on any atom is -0.355 e. The third-order valence-electron chi connectivity index (χ3n) is 3.70. The number of piperidine rings is 1. The first-order chi connectivity index (χ1) is 9.35. The van der Waals surface area contributed by atoms with Crippen molar-refractivity contribution < 1.29 is 22.8 Å². The largest absolute Gasteiger partial charge is 0.401 e. The van der Waals surface area contributed by atoms with Crippen molar-refractivity contribution in [1.82, 2.24) is 15.1 Å². The lowest BCUT2D eigenvalue weighted by molar-refractivity contribution is -0.152. The van der Waals surface area contributed by atoms with Crippen molar-refractivity contribution in [3.63, 3.8) is 0 Å². The second-order valence-electron chi connectivity index (χ2n) is 5.26. The Bertz CT molecular complexity index is 369. The second-order valence-corrected chi connectivity index (χ2v) is 5.26. The number of rotatable bonds is 2. The molecule has 2 heterocycles. The lowest BCUT2D eigenvalue weighted by Gasteiger charge is -2.37. The third-order valence-corrected chi connectivity index (χ3v) is 3.70. The van der Waals surface area contributed by atoms with Crippen molar-refractivity contribution in [2.75, 3.05) is 39.3 Å². The van der Waals surface area contributed by atoms with E-state index in [4.69, 9.17) is 0 Å². The molecule has 0 bridgehead atoms. The van der Waals surface area contributed by atoms with Crippen molar-refractivity contribution in [3.05, 3.63) is 0 Å². The third kappa shape index (κ3) is 4.09. The van der Waals surface area contributed by atoms with Gasteiger partial charge in [-0.05, 0) is 6.42 Å². The number of piperazine rings is 1. The number of carbonyl (C=O) groups is 2. The average Bonchev–Trinajstić information content (AvgIpc) is 2.38. The normalized spacial score (nSPS) is 25.4. The van der Waals surface area contributed by atoms with E-state index in [9.17, 15) is 22.8 Å². The van der Waals surface area contributed by atoms with Gasteiger partial charge in [0.15, 0.2) is 0 Å². The molecule has 1 N–H and O–H groups in total. The van der Waals surface area contributed by atoms with E-state index in [-0.39, 0.29) is 30.8 Å². The molecule has 0 radical (unpaired) electrons. The molecule has 0 aromatic carbocycles. The molecule has 0 spiro atoms. The maximum absolute atomic E-state index is 12.3. The highest BCUT2D eigenvalue weighted by Crippen LogP contribution is 2.19. The Kier molecular flexibility index (Phi) is 4.52. The number of halogens is 3. The van der Waals surface area contributed by atoms with Gasteiger partial charge in [0, 0.05) is 39.1 Å². The van der Waals surface area contributed by atoms with Gasteiger partial charge in [0.1, 0.15) is 0 Å². The fraction of sp³-hybridized carbons (Fsp3) is 0.833. The standard InChI is InChI=1S/C12H18F3N3O2/c13-12(14,15)8-17-3-5-18(6-4-17)11(20)9-1-2-10(19)16-7-9/h9H,1-8H2,(H,16,19). The maximum Gasteiger partial charge on any atom is 0.401 e. The van der Waals surface area contributed by atoms with Gasteiger partial charge in [-0.25, -0.2) is 0 Å². The van der Waals surface area contributed by atoms with Crippen LogP contribution in [0.3, 0.4) is 0 Å². The first-order valence-corrected chi connectivity index (χ1v) is 6.70. The van der Waals surface area contributed by atoms with Crippen LogP contribution in [0, 0.1) is 5.92 Å². The molecule has 20 heavy (non-hydrogen) atoms. The summed E-state index contributed by atoms with van der Waals surface area (Å²) in [6, 6.07) is 0. The van der Waals surface area contributed by atoms with Crippen molar-refractivity contribution in [1.29, 1.82) is 0 Å². The zero-order valence-corrected chi connectivity index (χ0v) is 11.1. The number of hydrogen-bond donors (Lipinski definition) is 1. The Morgan fingerprint density at radius 2 is 1.90 bits per heavy atom. The minimum atomic E-state index is -4.19. The summed E-state index contributed by atoms with van der Waals surface area (Å²) in [5, 5.41) is 2.65. The first-order valence-electron chi connectivity index (χ1n) is 6.70. The van der Waals surface area contributed by atoms with E-state index in [0.717, 1.165) is 0 Å². The predicted octanol–water partition coefficient (Wildman–Crippen LogP) is 0.219. The highest BCUT2D eigenvalue weighted by molar-refractivity contribution is 5.83. The van der Waals surface area contributed by atoms with Gasteiger partial charge < -0.3 is 10.2 Å². The molecule has 5 nitrogen and oxygen atoms in total. The molecule has 114 valence electrons. The molecular formula is C12H18F3N3O2. The van der Waals surface area contributed by atoms with Gasteiger partial charge in [-0.3, -0.25) is 14.5 Å². The molecule has 2 aliphatic heterocycles. The van der Waals surface area contributed by atoms with Gasteiger partial charge in [0.2, 0.25) is 11.8 Å². The van der Waals surface area contributed by atoms with Crippen LogP contribution in [0.2, 0.25) is 0 Å². The van der Waals surface area contributed by atoms with Crippen LogP contribution >= 0.6 is 0 Å². The molecule has 1 unspecified atom stereocenters. The van der Waals surface area contributed by atoms with E-state index < -0.39 is 12.7 Å². The number of carbonyl (C=O) groups excluding carboxylic acids is 2.